The highest BCUT2D eigenvalue weighted by Crippen LogP contribution is 2.27. The van der Waals surface area contributed by atoms with Crippen LogP contribution < -0.4 is 5.32 Å². The maximum Gasteiger partial charge on any atom is 0.138 e. The molecular formula is C9H9FIN. The summed E-state index contributed by atoms with van der Waals surface area (Å²) in [6.45, 7) is 1.25. The minimum absolute atomic E-state index is 0.451. The molecule has 0 aromatic heterocycles. The Hall–Kier alpha value is -0.160. The lowest BCUT2D eigenvalue weighted by Crippen LogP contribution is -2.26. The van der Waals surface area contributed by atoms with Crippen LogP contribution in [0.1, 0.15) is 17.3 Å². The maximum atomic E-state index is 13.3. The number of halogens is 2. The molecule has 0 spiro atoms. The van der Waals surface area contributed by atoms with Crippen molar-refractivity contribution in [2.24, 2.45) is 0 Å². The summed E-state index contributed by atoms with van der Waals surface area (Å²) in [5.74, 6) is 0. The zero-order chi connectivity index (χ0) is 8.55. The normalized spacial score (nSPS) is 22.0. The molecule has 1 N–H and O–H groups in total. The van der Waals surface area contributed by atoms with E-state index in [0.29, 0.717) is 6.54 Å². The van der Waals surface area contributed by atoms with E-state index in [9.17, 15) is 4.39 Å². The summed E-state index contributed by atoms with van der Waals surface area (Å²) in [5.41, 5.74) is 1.98. The van der Waals surface area contributed by atoms with Crippen molar-refractivity contribution in [3.63, 3.8) is 0 Å². The van der Waals surface area contributed by atoms with Gasteiger partial charge in [-0.2, -0.15) is 0 Å². The van der Waals surface area contributed by atoms with Crippen molar-refractivity contribution >= 4 is 22.6 Å². The van der Waals surface area contributed by atoms with E-state index in [1.807, 2.05) is 18.2 Å². The number of benzene rings is 1. The van der Waals surface area contributed by atoms with Crippen LogP contribution in [0, 0.1) is 3.57 Å². The van der Waals surface area contributed by atoms with Crippen LogP contribution in [0.25, 0.3) is 0 Å². The molecule has 0 saturated carbocycles. The van der Waals surface area contributed by atoms with Crippen molar-refractivity contribution in [2.45, 2.75) is 12.7 Å². The van der Waals surface area contributed by atoms with Gasteiger partial charge in [0, 0.05) is 16.7 Å². The molecule has 64 valence electrons. The summed E-state index contributed by atoms with van der Waals surface area (Å²) in [6.07, 6.45) is -0.830. The molecule has 1 aromatic carbocycles. The zero-order valence-corrected chi connectivity index (χ0v) is 8.64. The summed E-state index contributed by atoms with van der Waals surface area (Å²) in [5, 5.41) is 3.05. The van der Waals surface area contributed by atoms with Gasteiger partial charge in [0.15, 0.2) is 0 Å². The number of alkyl halides is 1. The van der Waals surface area contributed by atoms with Gasteiger partial charge in [-0.15, -0.1) is 0 Å². The van der Waals surface area contributed by atoms with E-state index in [2.05, 4.69) is 27.9 Å². The van der Waals surface area contributed by atoms with Gasteiger partial charge in [0.25, 0.3) is 0 Å². The first kappa shape index (κ1) is 8.44. The molecule has 0 saturated heterocycles. The minimum atomic E-state index is -0.830. The molecule has 0 radical (unpaired) electrons. The molecule has 2 rings (SSSR count). The Morgan fingerprint density at radius 2 is 2.33 bits per heavy atom. The van der Waals surface area contributed by atoms with Crippen LogP contribution in [-0.2, 0) is 6.54 Å². The van der Waals surface area contributed by atoms with E-state index in [-0.39, 0.29) is 0 Å². The van der Waals surface area contributed by atoms with Crippen molar-refractivity contribution in [3.05, 3.63) is 32.9 Å². The predicted octanol–water partition coefficient (Wildman–Crippen LogP) is 2.41. The molecule has 12 heavy (non-hydrogen) atoms. The maximum absolute atomic E-state index is 13.3. The van der Waals surface area contributed by atoms with E-state index < -0.39 is 6.17 Å². The molecule has 1 aromatic rings. The molecule has 3 heteroatoms. The number of hydrogen-bond acceptors (Lipinski definition) is 1. The van der Waals surface area contributed by atoms with Gasteiger partial charge in [-0.3, -0.25) is 0 Å². The average Bonchev–Trinajstić information content (AvgIpc) is 2.07. The fraction of sp³-hybridized carbons (Fsp3) is 0.333. The van der Waals surface area contributed by atoms with E-state index in [0.717, 1.165) is 21.2 Å². The summed E-state index contributed by atoms with van der Waals surface area (Å²) in [7, 11) is 0. The molecule has 0 amide bonds. The Morgan fingerprint density at radius 3 is 3.08 bits per heavy atom. The van der Waals surface area contributed by atoms with E-state index in [1.54, 1.807) is 0 Å². The van der Waals surface area contributed by atoms with Crippen LogP contribution in [0.5, 0.6) is 0 Å². The second kappa shape index (κ2) is 3.30. The van der Waals surface area contributed by atoms with Crippen molar-refractivity contribution in [1.82, 2.24) is 5.32 Å². The minimum Gasteiger partial charge on any atom is -0.309 e. The first-order valence-electron chi connectivity index (χ1n) is 3.91. The highest BCUT2D eigenvalue weighted by Gasteiger charge is 2.19. The lowest BCUT2D eigenvalue weighted by Gasteiger charge is -2.21. The molecule has 1 nitrogen and oxygen atoms in total. The van der Waals surface area contributed by atoms with Gasteiger partial charge < -0.3 is 5.32 Å². The quantitative estimate of drug-likeness (QED) is 0.718. The topological polar surface area (TPSA) is 12.0 Å². The van der Waals surface area contributed by atoms with Crippen molar-refractivity contribution in [1.29, 1.82) is 0 Å². The van der Waals surface area contributed by atoms with Gasteiger partial charge in [0.05, 0.1) is 0 Å². The fourth-order valence-electron chi connectivity index (χ4n) is 1.49. The fourth-order valence-corrected chi connectivity index (χ4v) is 2.20. The summed E-state index contributed by atoms with van der Waals surface area (Å²) < 4.78 is 14.4. The predicted molar refractivity (Wildman–Crippen MR) is 54.7 cm³/mol. The number of fused-ring (bicyclic) bond motifs is 1. The molecule has 1 aliphatic rings. The number of nitrogens with one attached hydrogen (secondary N) is 1. The molecule has 0 aliphatic carbocycles. The Labute approximate surface area is 84.5 Å². The Morgan fingerprint density at radius 1 is 1.50 bits per heavy atom. The smallest absolute Gasteiger partial charge is 0.138 e. The van der Waals surface area contributed by atoms with Crippen molar-refractivity contribution < 1.29 is 4.39 Å². The molecule has 0 unspecified atom stereocenters. The number of rotatable bonds is 0. The first-order valence-corrected chi connectivity index (χ1v) is 4.99. The first-order chi connectivity index (χ1) is 5.79. The Bertz CT molecular complexity index is 301. The zero-order valence-electron chi connectivity index (χ0n) is 6.48. The summed E-state index contributed by atoms with van der Waals surface area (Å²) in [6, 6.07) is 5.81. The van der Waals surface area contributed by atoms with E-state index in [4.69, 9.17) is 0 Å². The molecule has 1 heterocycles. The largest absolute Gasteiger partial charge is 0.309 e. The third-order valence-corrected chi connectivity index (χ3v) is 3.13. The lowest BCUT2D eigenvalue weighted by atomic mass is 10.0. The average molecular weight is 277 g/mol. The van der Waals surface area contributed by atoms with Crippen LogP contribution in [0.15, 0.2) is 18.2 Å². The monoisotopic (exact) mass is 277 g/mol. The van der Waals surface area contributed by atoms with Gasteiger partial charge >= 0.3 is 0 Å². The molecule has 1 aliphatic heterocycles. The lowest BCUT2D eigenvalue weighted by molar-refractivity contribution is 0.310. The standard InChI is InChI=1S/C9H9FIN/c10-8-5-12-4-7-6(8)2-1-3-9(7)11/h1-3,8,12H,4-5H2/t8-/m0/s1. The molecular weight excluding hydrogens is 268 g/mol. The van der Waals surface area contributed by atoms with Gasteiger partial charge in [-0.05, 0) is 39.8 Å². The third kappa shape index (κ3) is 1.35. The Balaban J connectivity index is 2.52. The van der Waals surface area contributed by atoms with Crippen molar-refractivity contribution in [2.75, 3.05) is 6.54 Å². The van der Waals surface area contributed by atoms with Gasteiger partial charge in [-0.1, -0.05) is 12.1 Å². The van der Waals surface area contributed by atoms with Gasteiger partial charge in [0.1, 0.15) is 6.17 Å². The summed E-state index contributed by atoms with van der Waals surface area (Å²) >= 11 is 2.25. The van der Waals surface area contributed by atoms with Crippen LogP contribution >= 0.6 is 22.6 Å². The third-order valence-electron chi connectivity index (χ3n) is 2.12. The van der Waals surface area contributed by atoms with Crippen LogP contribution in [0.2, 0.25) is 0 Å². The van der Waals surface area contributed by atoms with Crippen molar-refractivity contribution in [3.8, 4) is 0 Å². The van der Waals surface area contributed by atoms with E-state index in [1.165, 1.54) is 0 Å². The molecule has 0 bridgehead atoms. The SMILES string of the molecule is F[C@H]1CNCc2c(I)cccc21. The Kier molecular flexibility index (Phi) is 2.32. The summed E-state index contributed by atoms with van der Waals surface area (Å²) in [4.78, 5) is 0. The second-order valence-corrected chi connectivity index (χ2v) is 4.07. The molecule has 1 atom stereocenters. The highest BCUT2D eigenvalue weighted by molar-refractivity contribution is 14.1. The van der Waals surface area contributed by atoms with Gasteiger partial charge in [0.2, 0.25) is 0 Å². The van der Waals surface area contributed by atoms with Crippen LogP contribution in [0.4, 0.5) is 4.39 Å². The number of hydrogen-bond donors (Lipinski definition) is 1. The van der Waals surface area contributed by atoms with Gasteiger partial charge in [-0.25, -0.2) is 4.39 Å². The highest BCUT2D eigenvalue weighted by atomic mass is 127. The second-order valence-electron chi connectivity index (χ2n) is 2.91. The van der Waals surface area contributed by atoms with Crippen LogP contribution in [0.3, 0.4) is 0 Å². The molecule has 0 fully saturated rings. The van der Waals surface area contributed by atoms with Crippen LogP contribution in [-0.4, -0.2) is 6.54 Å². The van der Waals surface area contributed by atoms with E-state index >= 15 is 0 Å².